The fourth-order valence-corrected chi connectivity index (χ4v) is 0.574. The van der Waals surface area contributed by atoms with Gasteiger partial charge in [-0.3, -0.25) is 4.70 Å². The van der Waals surface area contributed by atoms with Crippen LogP contribution in [-0.4, -0.2) is 9.97 Å². The SMILES string of the molecule is CC.Cc1ccnc(C)n1.F. The minimum atomic E-state index is 0. The number of hydrogen-bond donors (Lipinski definition) is 0. The first-order valence-electron chi connectivity index (χ1n) is 3.55. The van der Waals surface area contributed by atoms with Gasteiger partial charge in [-0.2, -0.15) is 0 Å². The predicted molar refractivity (Wildman–Crippen MR) is 45.4 cm³/mol. The van der Waals surface area contributed by atoms with E-state index in [2.05, 4.69) is 9.97 Å². The molecule has 0 aliphatic carbocycles. The molecule has 0 saturated carbocycles. The lowest BCUT2D eigenvalue weighted by molar-refractivity contribution is 1.01. The van der Waals surface area contributed by atoms with Gasteiger partial charge in [-0.05, 0) is 19.9 Å². The molecule has 1 heterocycles. The molecule has 0 N–H and O–H groups in total. The third-order valence-corrected chi connectivity index (χ3v) is 0.915. The van der Waals surface area contributed by atoms with Crippen LogP contribution in [0.5, 0.6) is 0 Å². The Bertz CT molecular complexity index is 172. The van der Waals surface area contributed by atoms with E-state index in [9.17, 15) is 0 Å². The van der Waals surface area contributed by atoms with E-state index in [0.717, 1.165) is 11.5 Å². The van der Waals surface area contributed by atoms with Crippen molar-refractivity contribution in [3.63, 3.8) is 0 Å². The fraction of sp³-hybridized carbons (Fsp3) is 0.500. The van der Waals surface area contributed by atoms with Crippen LogP contribution in [0.3, 0.4) is 0 Å². The summed E-state index contributed by atoms with van der Waals surface area (Å²) in [7, 11) is 0. The first kappa shape index (κ1) is 12.7. The summed E-state index contributed by atoms with van der Waals surface area (Å²) in [6.07, 6.45) is 1.76. The van der Waals surface area contributed by atoms with Crippen molar-refractivity contribution in [2.45, 2.75) is 27.7 Å². The number of aromatic nitrogens is 2. The maximum Gasteiger partial charge on any atom is 0.125 e. The van der Waals surface area contributed by atoms with Gasteiger partial charge in [0.15, 0.2) is 0 Å². The summed E-state index contributed by atoms with van der Waals surface area (Å²) in [5.74, 6) is 0.838. The molecule has 1 rings (SSSR count). The molecule has 0 aliphatic heterocycles. The largest absolute Gasteiger partial charge is 0.269 e. The lowest BCUT2D eigenvalue weighted by Gasteiger charge is -1.89. The van der Waals surface area contributed by atoms with E-state index in [1.165, 1.54) is 0 Å². The summed E-state index contributed by atoms with van der Waals surface area (Å²) < 4.78 is 0. The highest BCUT2D eigenvalue weighted by Crippen LogP contribution is 1.88. The minimum Gasteiger partial charge on any atom is -0.269 e. The van der Waals surface area contributed by atoms with Crippen molar-refractivity contribution < 1.29 is 4.70 Å². The molecular formula is C8H15FN2. The Labute approximate surface area is 67.1 Å². The van der Waals surface area contributed by atoms with Crippen molar-refractivity contribution >= 4 is 0 Å². The van der Waals surface area contributed by atoms with E-state index < -0.39 is 0 Å². The highest BCUT2D eigenvalue weighted by molar-refractivity contribution is 4.97. The summed E-state index contributed by atoms with van der Waals surface area (Å²) in [5, 5.41) is 0. The Hall–Kier alpha value is -0.990. The van der Waals surface area contributed by atoms with E-state index in [1.807, 2.05) is 33.8 Å². The molecule has 64 valence electrons. The van der Waals surface area contributed by atoms with Crippen LogP contribution >= 0.6 is 0 Å². The lowest BCUT2D eigenvalue weighted by atomic mass is 10.4. The summed E-state index contributed by atoms with van der Waals surface area (Å²) in [4.78, 5) is 7.99. The molecule has 2 nitrogen and oxygen atoms in total. The molecule has 0 saturated heterocycles. The standard InChI is InChI=1S/C6H8N2.C2H6.FH/c1-5-3-4-7-6(2)8-5;1-2;/h3-4H,1-2H3;1-2H3;1H. The number of aryl methyl sites for hydroxylation is 2. The maximum absolute atomic E-state index is 4.06. The smallest absolute Gasteiger partial charge is 0.125 e. The van der Waals surface area contributed by atoms with Crippen LogP contribution in [0.25, 0.3) is 0 Å². The minimum absolute atomic E-state index is 0. The van der Waals surface area contributed by atoms with E-state index in [-0.39, 0.29) is 4.70 Å². The molecule has 0 bridgehead atoms. The average Bonchev–Trinajstić information content (AvgIpc) is 1.91. The normalized spacial score (nSPS) is 7.27. The second-order valence-corrected chi connectivity index (χ2v) is 1.75. The molecule has 1 aromatic rings. The second-order valence-electron chi connectivity index (χ2n) is 1.75. The molecule has 0 unspecified atom stereocenters. The van der Waals surface area contributed by atoms with Gasteiger partial charge in [0.1, 0.15) is 5.82 Å². The summed E-state index contributed by atoms with van der Waals surface area (Å²) >= 11 is 0. The van der Waals surface area contributed by atoms with Crippen LogP contribution in [0, 0.1) is 13.8 Å². The predicted octanol–water partition coefficient (Wildman–Crippen LogP) is 2.27. The van der Waals surface area contributed by atoms with Crippen molar-refractivity contribution in [3.05, 3.63) is 23.8 Å². The second kappa shape index (κ2) is 7.12. The lowest BCUT2D eigenvalue weighted by Crippen LogP contribution is -1.86. The highest BCUT2D eigenvalue weighted by atomic mass is 19.0. The van der Waals surface area contributed by atoms with Gasteiger partial charge in [0, 0.05) is 11.9 Å². The zero-order valence-corrected chi connectivity index (χ0v) is 7.46. The van der Waals surface area contributed by atoms with Crippen LogP contribution in [0.4, 0.5) is 4.70 Å². The molecule has 0 spiro atoms. The molecular weight excluding hydrogens is 143 g/mol. The topological polar surface area (TPSA) is 25.8 Å². The first-order valence-corrected chi connectivity index (χ1v) is 3.55. The van der Waals surface area contributed by atoms with Crippen molar-refractivity contribution in [1.29, 1.82) is 0 Å². The molecule has 0 radical (unpaired) electrons. The van der Waals surface area contributed by atoms with Gasteiger partial charge in [-0.25, -0.2) is 9.97 Å². The summed E-state index contributed by atoms with van der Waals surface area (Å²) in [6, 6.07) is 1.88. The van der Waals surface area contributed by atoms with Crippen molar-refractivity contribution in [1.82, 2.24) is 9.97 Å². The van der Waals surface area contributed by atoms with Crippen LogP contribution in [0.15, 0.2) is 12.3 Å². The van der Waals surface area contributed by atoms with Gasteiger partial charge in [0.2, 0.25) is 0 Å². The Morgan fingerprint density at radius 2 is 1.73 bits per heavy atom. The Morgan fingerprint density at radius 3 is 2.00 bits per heavy atom. The van der Waals surface area contributed by atoms with E-state index in [1.54, 1.807) is 6.20 Å². The van der Waals surface area contributed by atoms with Gasteiger partial charge in [-0.15, -0.1) is 0 Å². The molecule has 11 heavy (non-hydrogen) atoms. The fourth-order valence-electron chi connectivity index (χ4n) is 0.574. The van der Waals surface area contributed by atoms with Crippen LogP contribution in [0.1, 0.15) is 25.4 Å². The zero-order valence-electron chi connectivity index (χ0n) is 7.46. The van der Waals surface area contributed by atoms with Crippen molar-refractivity contribution in [2.75, 3.05) is 0 Å². The van der Waals surface area contributed by atoms with Gasteiger partial charge < -0.3 is 0 Å². The van der Waals surface area contributed by atoms with Gasteiger partial charge in [0.25, 0.3) is 0 Å². The van der Waals surface area contributed by atoms with Crippen LogP contribution < -0.4 is 0 Å². The number of nitrogens with zero attached hydrogens (tertiary/aromatic N) is 2. The zero-order chi connectivity index (χ0) is 7.98. The third kappa shape index (κ3) is 5.45. The van der Waals surface area contributed by atoms with Gasteiger partial charge >= 0.3 is 0 Å². The Kier molecular flexibility index (Phi) is 8.20. The van der Waals surface area contributed by atoms with E-state index in [0.29, 0.717) is 0 Å². The molecule has 0 aliphatic rings. The molecule has 3 heteroatoms. The van der Waals surface area contributed by atoms with Crippen LogP contribution in [0.2, 0.25) is 0 Å². The molecule has 0 aromatic carbocycles. The van der Waals surface area contributed by atoms with Crippen LogP contribution in [-0.2, 0) is 0 Å². The van der Waals surface area contributed by atoms with Gasteiger partial charge in [-0.1, -0.05) is 13.8 Å². The van der Waals surface area contributed by atoms with Gasteiger partial charge in [0.05, 0.1) is 0 Å². The summed E-state index contributed by atoms with van der Waals surface area (Å²) in [5.41, 5.74) is 1.03. The quantitative estimate of drug-likeness (QED) is 0.578. The third-order valence-electron chi connectivity index (χ3n) is 0.915. The molecule has 0 atom stereocenters. The monoisotopic (exact) mass is 158 g/mol. The Balaban J connectivity index is 0. The number of halogens is 1. The van der Waals surface area contributed by atoms with Crippen molar-refractivity contribution in [3.8, 4) is 0 Å². The number of rotatable bonds is 0. The average molecular weight is 158 g/mol. The highest BCUT2D eigenvalue weighted by Gasteiger charge is 1.83. The molecule has 0 amide bonds. The molecule has 1 aromatic heterocycles. The maximum atomic E-state index is 4.06. The van der Waals surface area contributed by atoms with Crippen molar-refractivity contribution in [2.24, 2.45) is 0 Å². The first-order chi connectivity index (χ1) is 4.79. The number of hydrogen-bond acceptors (Lipinski definition) is 2. The van der Waals surface area contributed by atoms with E-state index >= 15 is 0 Å². The summed E-state index contributed by atoms with van der Waals surface area (Å²) in [6.45, 7) is 7.84. The molecule has 0 fully saturated rings. The Morgan fingerprint density at radius 1 is 1.18 bits per heavy atom. The van der Waals surface area contributed by atoms with E-state index in [4.69, 9.17) is 0 Å².